The van der Waals surface area contributed by atoms with E-state index in [0.717, 1.165) is 25.0 Å². The molecule has 4 aromatic rings. The van der Waals surface area contributed by atoms with Crippen molar-refractivity contribution in [1.29, 1.82) is 0 Å². The van der Waals surface area contributed by atoms with Crippen molar-refractivity contribution in [3.8, 4) is 11.1 Å². The molecule has 0 spiro atoms. The van der Waals surface area contributed by atoms with Gasteiger partial charge in [0.25, 0.3) is 5.91 Å². The monoisotopic (exact) mass is 510 g/mol. The van der Waals surface area contributed by atoms with Crippen LogP contribution in [0.1, 0.15) is 28.9 Å². The summed E-state index contributed by atoms with van der Waals surface area (Å²) in [6, 6.07) is 8.97. The van der Waals surface area contributed by atoms with Gasteiger partial charge in [-0.2, -0.15) is 18.3 Å². The van der Waals surface area contributed by atoms with E-state index in [1.807, 2.05) is 0 Å². The first-order valence-corrected chi connectivity index (χ1v) is 11.3. The van der Waals surface area contributed by atoms with Gasteiger partial charge in [0, 0.05) is 24.0 Å². The molecule has 3 amide bonds. The normalized spacial score (nSPS) is 13.4. The quantitative estimate of drug-likeness (QED) is 0.307. The molecular formula is C24H21F3N8O2. The van der Waals surface area contributed by atoms with Crippen molar-refractivity contribution >= 4 is 34.8 Å². The summed E-state index contributed by atoms with van der Waals surface area (Å²) in [6.45, 7) is 0.588. The lowest BCUT2D eigenvalue weighted by Gasteiger charge is -2.11. The average Bonchev–Trinajstić information content (AvgIpc) is 3.60. The number of benzene rings is 1. The van der Waals surface area contributed by atoms with E-state index in [4.69, 9.17) is 5.73 Å². The first kappa shape index (κ1) is 24.0. The molecule has 0 unspecified atom stereocenters. The zero-order valence-electron chi connectivity index (χ0n) is 19.2. The van der Waals surface area contributed by atoms with Crippen LogP contribution in [0, 0.1) is 5.92 Å². The Balaban J connectivity index is 1.36. The maximum atomic E-state index is 13.0. The molecule has 0 radical (unpaired) electrons. The Bertz CT molecular complexity index is 1480. The minimum Gasteiger partial charge on any atom is -0.382 e. The Hall–Kier alpha value is -4.68. The summed E-state index contributed by atoms with van der Waals surface area (Å²) in [7, 11) is 0. The number of fused-ring (bicyclic) bond motifs is 1. The second-order valence-corrected chi connectivity index (χ2v) is 8.57. The van der Waals surface area contributed by atoms with Crippen LogP contribution in [-0.2, 0) is 6.18 Å². The van der Waals surface area contributed by atoms with Gasteiger partial charge in [0.2, 0.25) is 0 Å². The molecule has 190 valence electrons. The Morgan fingerprint density at radius 3 is 2.54 bits per heavy atom. The number of hydrogen-bond donors (Lipinski definition) is 4. The van der Waals surface area contributed by atoms with E-state index >= 15 is 0 Å². The van der Waals surface area contributed by atoms with Crippen LogP contribution in [-0.4, -0.2) is 38.1 Å². The third kappa shape index (κ3) is 5.29. The second-order valence-electron chi connectivity index (χ2n) is 8.57. The highest BCUT2D eigenvalue weighted by atomic mass is 19.4. The Morgan fingerprint density at radius 1 is 1.08 bits per heavy atom. The fraction of sp³-hybridized carbons (Fsp3) is 0.208. The number of carbonyl (C=O) groups is 2. The number of anilines is 3. The maximum Gasteiger partial charge on any atom is 0.433 e. The van der Waals surface area contributed by atoms with Crippen LogP contribution >= 0.6 is 0 Å². The van der Waals surface area contributed by atoms with Crippen LogP contribution in [0.5, 0.6) is 0 Å². The van der Waals surface area contributed by atoms with Crippen LogP contribution in [0.25, 0.3) is 16.6 Å². The minimum absolute atomic E-state index is 0.196. The molecule has 1 aliphatic carbocycles. The molecule has 37 heavy (non-hydrogen) atoms. The van der Waals surface area contributed by atoms with Gasteiger partial charge in [0.1, 0.15) is 23.4 Å². The van der Waals surface area contributed by atoms with Crippen molar-refractivity contribution in [2.45, 2.75) is 19.0 Å². The van der Waals surface area contributed by atoms with Crippen molar-refractivity contribution in [3.05, 3.63) is 66.2 Å². The molecule has 0 aliphatic heterocycles. The number of pyridine rings is 1. The molecule has 0 bridgehead atoms. The predicted octanol–water partition coefficient (Wildman–Crippen LogP) is 4.18. The van der Waals surface area contributed by atoms with Gasteiger partial charge in [-0.15, -0.1) is 0 Å². The Labute approximate surface area is 208 Å². The van der Waals surface area contributed by atoms with Gasteiger partial charge < -0.3 is 16.4 Å². The molecule has 1 aromatic carbocycles. The number of nitrogens with zero attached hydrogens (tertiary/aromatic N) is 4. The summed E-state index contributed by atoms with van der Waals surface area (Å²) in [5.74, 6) is 0.182. The number of halogens is 3. The molecule has 13 heteroatoms. The summed E-state index contributed by atoms with van der Waals surface area (Å²) in [6.07, 6.45) is 0.440. The van der Waals surface area contributed by atoms with E-state index in [9.17, 15) is 22.8 Å². The minimum atomic E-state index is -4.63. The Morgan fingerprint density at radius 2 is 1.84 bits per heavy atom. The number of urea groups is 1. The zero-order valence-corrected chi connectivity index (χ0v) is 19.2. The molecular weight excluding hydrogens is 489 g/mol. The van der Waals surface area contributed by atoms with Gasteiger partial charge in [-0.3, -0.25) is 10.1 Å². The lowest BCUT2D eigenvalue weighted by atomic mass is 10.0. The molecule has 1 saturated carbocycles. The van der Waals surface area contributed by atoms with Crippen molar-refractivity contribution < 1.29 is 22.8 Å². The van der Waals surface area contributed by atoms with Gasteiger partial charge in [0.15, 0.2) is 5.82 Å². The van der Waals surface area contributed by atoms with E-state index in [1.165, 1.54) is 16.9 Å². The number of nitrogen functional groups attached to an aromatic ring is 1. The van der Waals surface area contributed by atoms with Crippen LogP contribution < -0.4 is 21.7 Å². The lowest BCUT2D eigenvalue weighted by molar-refractivity contribution is -0.141. The predicted molar refractivity (Wildman–Crippen MR) is 130 cm³/mol. The van der Waals surface area contributed by atoms with Gasteiger partial charge >= 0.3 is 12.2 Å². The smallest absolute Gasteiger partial charge is 0.382 e. The molecule has 3 aromatic heterocycles. The molecule has 5 N–H and O–H groups in total. The van der Waals surface area contributed by atoms with E-state index in [1.54, 1.807) is 30.5 Å². The number of nitrogens with one attached hydrogen (secondary N) is 3. The summed E-state index contributed by atoms with van der Waals surface area (Å²) in [5, 5.41) is 11.9. The van der Waals surface area contributed by atoms with Gasteiger partial charge in [-0.25, -0.2) is 19.3 Å². The highest BCUT2D eigenvalue weighted by Gasteiger charge is 2.32. The standard InChI is InChI=1S/C24H21F3N8O2/c25-24(26,27)17-2-1-3-18(33-17)34-23(37)32-15-8-6-14(7-9-15)19-16(22(36)29-10-13-4-5-13)11-35-20(19)21(28)30-12-31-35/h1-3,6-9,11-13H,4-5,10H2,(H,29,36)(H2,28,30,31)(H2,32,33,34,37). The third-order valence-corrected chi connectivity index (χ3v) is 5.81. The summed E-state index contributed by atoms with van der Waals surface area (Å²) in [5.41, 5.74) is 7.36. The zero-order chi connectivity index (χ0) is 26.2. The van der Waals surface area contributed by atoms with Crippen molar-refractivity contribution in [1.82, 2.24) is 24.9 Å². The van der Waals surface area contributed by atoms with Crippen molar-refractivity contribution in [3.63, 3.8) is 0 Å². The molecule has 10 nitrogen and oxygen atoms in total. The highest BCUT2D eigenvalue weighted by Crippen LogP contribution is 2.34. The fourth-order valence-corrected chi connectivity index (χ4v) is 3.81. The summed E-state index contributed by atoms with van der Waals surface area (Å²) < 4.78 is 40.1. The van der Waals surface area contributed by atoms with E-state index in [-0.39, 0.29) is 17.5 Å². The first-order chi connectivity index (χ1) is 17.7. The van der Waals surface area contributed by atoms with E-state index in [2.05, 4.69) is 31.0 Å². The number of nitrogens with two attached hydrogens (primary N) is 1. The molecule has 1 fully saturated rings. The number of rotatable bonds is 6. The van der Waals surface area contributed by atoms with Crippen molar-refractivity contribution in [2.75, 3.05) is 22.9 Å². The maximum absolute atomic E-state index is 13.0. The number of hydrogen-bond acceptors (Lipinski definition) is 6. The topological polar surface area (TPSA) is 139 Å². The van der Waals surface area contributed by atoms with Crippen LogP contribution in [0.2, 0.25) is 0 Å². The van der Waals surface area contributed by atoms with Gasteiger partial charge in [0.05, 0.1) is 5.56 Å². The SMILES string of the molecule is Nc1ncnn2cc(C(=O)NCC3CC3)c(-c3ccc(NC(=O)Nc4cccc(C(F)(F)F)n4)cc3)c12. The van der Waals surface area contributed by atoms with Gasteiger partial charge in [-0.05, 0) is 48.6 Å². The van der Waals surface area contributed by atoms with Crippen LogP contribution in [0.4, 0.5) is 35.3 Å². The van der Waals surface area contributed by atoms with Crippen LogP contribution in [0.15, 0.2) is 55.0 Å². The van der Waals surface area contributed by atoms with E-state index in [0.29, 0.717) is 40.4 Å². The number of amides is 3. The summed E-state index contributed by atoms with van der Waals surface area (Å²) >= 11 is 0. The molecule has 0 saturated heterocycles. The molecule has 3 heterocycles. The van der Waals surface area contributed by atoms with Gasteiger partial charge in [-0.1, -0.05) is 18.2 Å². The number of carbonyl (C=O) groups excluding carboxylic acids is 2. The van der Waals surface area contributed by atoms with E-state index < -0.39 is 17.9 Å². The average molecular weight is 510 g/mol. The fourth-order valence-electron chi connectivity index (χ4n) is 3.81. The van der Waals surface area contributed by atoms with Crippen LogP contribution in [0.3, 0.4) is 0 Å². The lowest BCUT2D eigenvalue weighted by Crippen LogP contribution is -2.25. The number of alkyl halides is 3. The third-order valence-electron chi connectivity index (χ3n) is 5.81. The number of aromatic nitrogens is 4. The van der Waals surface area contributed by atoms with Crippen molar-refractivity contribution in [2.24, 2.45) is 5.92 Å². The second kappa shape index (κ2) is 9.41. The Kier molecular flexibility index (Phi) is 6.11. The molecule has 0 atom stereocenters. The molecule has 1 aliphatic rings. The molecule has 5 rings (SSSR count). The largest absolute Gasteiger partial charge is 0.433 e. The highest BCUT2D eigenvalue weighted by molar-refractivity contribution is 6.07. The summed E-state index contributed by atoms with van der Waals surface area (Å²) in [4.78, 5) is 32.7. The first-order valence-electron chi connectivity index (χ1n) is 11.3.